The Bertz CT molecular complexity index is 440. The van der Waals surface area contributed by atoms with Gasteiger partial charge in [0.05, 0.1) is 11.2 Å². The molecular weight excluding hydrogens is 246 g/mol. The zero-order valence-electron chi connectivity index (χ0n) is 11.4. The summed E-state index contributed by atoms with van der Waals surface area (Å²) in [6.07, 6.45) is 1.74. The summed E-state index contributed by atoms with van der Waals surface area (Å²) in [5.41, 5.74) is 6.77. The molecule has 4 nitrogen and oxygen atoms in total. The smallest absolute Gasteiger partial charge is 0.139 e. The van der Waals surface area contributed by atoms with Crippen LogP contribution in [0.5, 0.6) is 0 Å². The second-order valence-electron chi connectivity index (χ2n) is 5.02. The Morgan fingerprint density at radius 1 is 1.56 bits per heavy atom. The summed E-state index contributed by atoms with van der Waals surface area (Å²) >= 11 is 5.09. The molecule has 0 aliphatic heterocycles. The van der Waals surface area contributed by atoms with Gasteiger partial charge in [-0.2, -0.15) is 0 Å². The normalized spacial score (nSPS) is 11.4. The second kappa shape index (κ2) is 5.63. The molecular formula is C13H21N3OS. The average molecular weight is 267 g/mol. The van der Waals surface area contributed by atoms with E-state index in [0.29, 0.717) is 11.5 Å². The molecule has 0 amide bonds. The fourth-order valence-electron chi connectivity index (χ4n) is 1.89. The number of anilines is 1. The minimum Gasteiger partial charge on any atom is -0.389 e. The topological polar surface area (TPSA) is 62.4 Å². The van der Waals surface area contributed by atoms with Crippen molar-refractivity contribution in [2.75, 3.05) is 18.0 Å². The predicted molar refractivity (Wildman–Crippen MR) is 79.0 cm³/mol. The molecule has 0 bridgehead atoms. The minimum absolute atomic E-state index is 0.338. The van der Waals surface area contributed by atoms with Gasteiger partial charge in [0, 0.05) is 19.3 Å². The van der Waals surface area contributed by atoms with E-state index in [2.05, 4.69) is 4.98 Å². The molecule has 100 valence electrons. The monoisotopic (exact) mass is 267 g/mol. The lowest BCUT2D eigenvalue weighted by molar-refractivity contribution is 0.0874. The van der Waals surface area contributed by atoms with E-state index in [9.17, 15) is 5.11 Å². The molecule has 5 heteroatoms. The summed E-state index contributed by atoms with van der Waals surface area (Å²) in [6.45, 7) is 8.72. The molecule has 0 aliphatic carbocycles. The van der Waals surface area contributed by atoms with E-state index in [4.69, 9.17) is 18.0 Å². The first-order valence-electron chi connectivity index (χ1n) is 5.99. The standard InChI is InChI=1S/C13H21N3OS/c1-5-16(8-13(3,4)17)12-10(11(14)18)9(2)6-7-15-12/h6-7,17H,5,8H2,1-4H3,(H2,14,18). The fourth-order valence-corrected chi connectivity index (χ4v) is 2.14. The van der Waals surface area contributed by atoms with Crippen LogP contribution in [0.25, 0.3) is 0 Å². The first-order chi connectivity index (χ1) is 8.26. The number of aliphatic hydroxyl groups is 1. The Hall–Kier alpha value is -1.20. The van der Waals surface area contributed by atoms with Crippen LogP contribution in [0.15, 0.2) is 12.3 Å². The van der Waals surface area contributed by atoms with Crippen LogP contribution in [0, 0.1) is 6.92 Å². The van der Waals surface area contributed by atoms with Crippen molar-refractivity contribution in [2.24, 2.45) is 5.73 Å². The number of aryl methyl sites for hydroxylation is 1. The summed E-state index contributed by atoms with van der Waals surface area (Å²) in [5, 5.41) is 9.95. The molecule has 18 heavy (non-hydrogen) atoms. The third-order valence-electron chi connectivity index (χ3n) is 2.64. The van der Waals surface area contributed by atoms with Crippen molar-refractivity contribution in [2.45, 2.75) is 33.3 Å². The van der Waals surface area contributed by atoms with Gasteiger partial charge in [-0.1, -0.05) is 12.2 Å². The average Bonchev–Trinajstić information content (AvgIpc) is 2.23. The summed E-state index contributed by atoms with van der Waals surface area (Å²) in [6, 6.07) is 1.88. The molecule has 0 saturated heterocycles. The number of aromatic nitrogens is 1. The lowest BCUT2D eigenvalue weighted by atomic mass is 10.1. The lowest BCUT2D eigenvalue weighted by Gasteiger charge is -2.30. The van der Waals surface area contributed by atoms with Crippen LogP contribution < -0.4 is 10.6 Å². The number of hydrogen-bond acceptors (Lipinski definition) is 4. The number of rotatable bonds is 5. The van der Waals surface area contributed by atoms with Crippen molar-refractivity contribution in [3.8, 4) is 0 Å². The fraction of sp³-hybridized carbons (Fsp3) is 0.538. The maximum Gasteiger partial charge on any atom is 0.139 e. The Morgan fingerprint density at radius 2 is 2.17 bits per heavy atom. The summed E-state index contributed by atoms with van der Waals surface area (Å²) in [4.78, 5) is 6.69. The van der Waals surface area contributed by atoms with Crippen molar-refractivity contribution in [3.63, 3.8) is 0 Å². The van der Waals surface area contributed by atoms with Crippen LogP contribution in [-0.4, -0.2) is 33.8 Å². The zero-order chi connectivity index (χ0) is 13.9. The molecule has 0 fully saturated rings. The largest absolute Gasteiger partial charge is 0.389 e. The Morgan fingerprint density at radius 3 is 2.61 bits per heavy atom. The van der Waals surface area contributed by atoms with Crippen molar-refractivity contribution in [1.29, 1.82) is 0 Å². The van der Waals surface area contributed by atoms with Crippen molar-refractivity contribution in [3.05, 3.63) is 23.4 Å². The highest BCUT2D eigenvalue weighted by Gasteiger charge is 2.21. The Balaban J connectivity index is 3.21. The molecule has 1 rings (SSSR count). The maximum atomic E-state index is 9.95. The highest BCUT2D eigenvalue weighted by Crippen LogP contribution is 2.22. The van der Waals surface area contributed by atoms with Crippen LogP contribution in [-0.2, 0) is 0 Å². The van der Waals surface area contributed by atoms with Crippen LogP contribution >= 0.6 is 12.2 Å². The van der Waals surface area contributed by atoms with Crippen LogP contribution in [0.1, 0.15) is 31.9 Å². The first-order valence-corrected chi connectivity index (χ1v) is 6.40. The van der Waals surface area contributed by atoms with E-state index in [-0.39, 0.29) is 0 Å². The van der Waals surface area contributed by atoms with E-state index >= 15 is 0 Å². The molecule has 0 unspecified atom stereocenters. The van der Waals surface area contributed by atoms with Gasteiger partial charge >= 0.3 is 0 Å². The van der Waals surface area contributed by atoms with Gasteiger partial charge in [0.2, 0.25) is 0 Å². The number of pyridine rings is 1. The molecule has 0 atom stereocenters. The third-order valence-corrected chi connectivity index (χ3v) is 2.85. The van der Waals surface area contributed by atoms with Gasteiger partial charge in [0.15, 0.2) is 0 Å². The first kappa shape index (κ1) is 14.9. The van der Waals surface area contributed by atoms with Crippen molar-refractivity contribution >= 4 is 23.0 Å². The van der Waals surface area contributed by atoms with Gasteiger partial charge < -0.3 is 15.7 Å². The minimum atomic E-state index is -0.797. The number of nitrogens with two attached hydrogens (primary N) is 1. The molecule has 0 aromatic carbocycles. The summed E-state index contributed by atoms with van der Waals surface area (Å²) in [5.74, 6) is 0.743. The number of hydrogen-bond donors (Lipinski definition) is 2. The van der Waals surface area contributed by atoms with E-state index in [1.807, 2.05) is 24.8 Å². The highest BCUT2D eigenvalue weighted by atomic mass is 32.1. The zero-order valence-corrected chi connectivity index (χ0v) is 12.2. The summed E-state index contributed by atoms with van der Waals surface area (Å²) in [7, 11) is 0. The molecule has 0 aliphatic rings. The molecule has 1 aromatic heterocycles. The van der Waals surface area contributed by atoms with Gasteiger partial charge in [-0.3, -0.25) is 0 Å². The Kier molecular flexibility index (Phi) is 4.65. The van der Waals surface area contributed by atoms with Gasteiger partial charge in [0.1, 0.15) is 10.8 Å². The van der Waals surface area contributed by atoms with Crippen molar-refractivity contribution in [1.82, 2.24) is 4.98 Å². The van der Waals surface area contributed by atoms with E-state index in [1.165, 1.54) is 0 Å². The summed E-state index contributed by atoms with van der Waals surface area (Å²) < 4.78 is 0. The van der Waals surface area contributed by atoms with Crippen LogP contribution in [0.3, 0.4) is 0 Å². The molecule has 0 spiro atoms. The van der Waals surface area contributed by atoms with Gasteiger partial charge in [-0.25, -0.2) is 4.98 Å². The second-order valence-corrected chi connectivity index (χ2v) is 5.46. The predicted octanol–water partition coefficient (Wildman–Crippen LogP) is 1.62. The van der Waals surface area contributed by atoms with Gasteiger partial charge in [-0.15, -0.1) is 0 Å². The van der Waals surface area contributed by atoms with E-state index in [0.717, 1.165) is 23.5 Å². The quantitative estimate of drug-likeness (QED) is 0.794. The van der Waals surface area contributed by atoms with E-state index in [1.54, 1.807) is 20.0 Å². The van der Waals surface area contributed by atoms with Gasteiger partial charge in [0.25, 0.3) is 0 Å². The van der Waals surface area contributed by atoms with Gasteiger partial charge in [-0.05, 0) is 39.3 Å². The highest BCUT2D eigenvalue weighted by molar-refractivity contribution is 7.80. The van der Waals surface area contributed by atoms with Crippen molar-refractivity contribution < 1.29 is 5.11 Å². The molecule has 1 heterocycles. The van der Waals surface area contributed by atoms with E-state index < -0.39 is 5.60 Å². The number of nitrogens with zero attached hydrogens (tertiary/aromatic N) is 2. The van der Waals surface area contributed by atoms with Crippen LogP contribution in [0.4, 0.5) is 5.82 Å². The third kappa shape index (κ3) is 3.65. The number of thiocarbonyl (C=S) groups is 1. The molecule has 0 saturated carbocycles. The Labute approximate surface area is 114 Å². The number of likely N-dealkylation sites (N-methyl/N-ethyl adjacent to an activating group) is 1. The molecule has 3 N–H and O–H groups in total. The molecule has 1 aromatic rings. The SMILES string of the molecule is CCN(CC(C)(C)O)c1nccc(C)c1C(N)=S. The van der Waals surface area contributed by atoms with Crippen LogP contribution in [0.2, 0.25) is 0 Å². The molecule has 0 radical (unpaired) electrons. The lowest BCUT2D eigenvalue weighted by Crippen LogP contribution is -2.40. The maximum absolute atomic E-state index is 9.95.